The van der Waals surface area contributed by atoms with Gasteiger partial charge >= 0.3 is 6.61 Å². The molecule has 2 aromatic rings. The monoisotopic (exact) mass is 514 g/mol. The minimum absolute atomic E-state index is 0.0800. The summed E-state index contributed by atoms with van der Waals surface area (Å²) in [5, 5.41) is 2.63. The number of nitrogens with one attached hydrogen (secondary N) is 1. The molecule has 1 saturated heterocycles. The Morgan fingerprint density at radius 2 is 1.80 bits per heavy atom. The molecule has 2 aliphatic heterocycles. The van der Waals surface area contributed by atoms with E-state index in [2.05, 4.69) is 10.1 Å². The number of fused-ring (bicyclic) bond motifs is 1. The predicted molar refractivity (Wildman–Crippen MR) is 119 cm³/mol. The van der Waals surface area contributed by atoms with Crippen molar-refractivity contribution in [2.45, 2.75) is 44.8 Å². The van der Waals surface area contributed by atoms with Crippen LogP contribution in [0.2, 0.25) is 0 Å². The van der Waals surface area contributed by atoms with Gasteiger partial charge in [0.05, 0.1) is 33.8 Å². The highest BCUT2D eigenvalue weighted by molar-refractivity contribution is 7.91. The molecule has 1 atom stereocenters. The molecule has 0 unspecified atom stereocenters. The van der Waals surface area contributed by atoms with E-state index in [1.165, 1.54) is 19.9 Å². The lowest BCUT2D eigenvalue weighted by atomic mass is 9.85. The van der Waals surface area contributed by atoms with Gasteiger partial charge in [-0.05, 0) is 57.0 Å². The molecule has 1 fully saturated rings. The summed E-state index contributed by atoms with van der Waals surface area (Å²) < 4.78 is 83.3. The predicted octanol–water partition coefficient (Wildman–Crippen LogP) is 3.83. The second-order valence-corrected chi connectivity index (χ2v) is 11.7. The van der Waals surface area contributed by atoms with Crippen LogP contribution in [0.5, 0.6) is 5.75 Å². The van der Waals surface area contributed by atoms with Gasteiger partial charge in [-0.25, -0.2) is 17.2 Å². The number of rotatable bonds is 5. The van der Waals surface area contributed by atoms with Gasteiger partial charge < -0.3 is 10.1 Å². The Balaban J connectivity index is 1.75. The quantitative estimate of drug-likeness (QED) is 0.613. The number of sulfone groups is 1. The summed E-state index contributed by atoms with van der Waals surface area (Å²) in [6.45, 7) is 1.29. The molecule has 0 aromatic heterocycles. The van der Waals surface area contributed by atoms with Crippen LogP contribution in [0.1, 0.15) is 43.1 Å². The smallest absolute Gasteiger partial charge is 0.387 e. The van der Waals surface area contributed by atoms with Crippen molar-refractivity contribution in [3.8, 4) is 5.75 Å². The van der Waals surface area contributed by atoms with Gasteiger partial charge in [0, 0.05) is 11.6 Å². The number of hydrogen-bond donors (Lipinski definition) is 1. The number of ether oxygens (including phenoxy) is 1. The van der Waals surface area contributed by atoms with Gasteiger partial charge in [0.25, 0.3) is 5.91 Å². The molecule has 1 N–H and O–H groups in total. The Kier molecular flexibility index (Phi) is 5.86. The van der Waals surface area contributed by atoms with Crippen LogP contribution in [0.4, 0.5) is 28.9 Å². The first-order valence-electron chi connectivity index (χ1n) is 10.6. The summed E-state index contributed by atoms with van der Waals surface area (Å²) in [6, 6.07) is 4.79. The minimum atomic E-state index is -3.31. The highest BCUT2D eigenvalue weighted by atomic mass is 32.2. The second-order valence-electron chi connectivity index (χ2n) is 9.47. The molecule has 0 saturated carbocycles. The number of benzene rings is 2. The molecule has 2 aromatic carbocycles. The molecule has 12 heteroatoms. The maximum atomic E-state index is 15.4. The molecule has 188 valence electrons. The first-order valence-corrected chi connectivity index (χ1v) is 12.4. The molecular weight excluding hydrogens is 492 g/mol. The zero-order valence-electron chi connectivity index (χ0n) is 19.0. The third-order valence-corrected chi connectivity index (χ3v) is 8.17. The Morgan fingerprint density at radius 1 is 1.11 bits per heavy atom. The van der Waals surface area contributed by atoms with E-state index in [-0.39, 0.29) is 34.7 Å². The molecule has 2 aliphatic rings. The molecule has 0 radical (unpaired) electrons. The first kappa shape index (κ1) is 25.0. The fourth-order valence-corrected chi connectivity index (χ4v) is 6.55. The number of carbonyl (C=O) groups excluding carboxylic acids is 2. The molecule has 0 bridgehead atoms. The largest absolute Gasteiger partial charge is 0.435 e. The Morgan fingerprint density at radius 3 is 2.40 bits per heavy atom. The van der Waals surface area contributed by atoms with E-state index in [4.69, 9.17) is 0 Å². The van der Waals surface area contributed by atoms with Crippen molar-refractivity contribution in [2.75, 3.05) is 16.4 Å². The molecule has 2 heterocycles. The van der Waals surface area contributed by atoms with E-state index in [1.54, 1.807) is 6.92 Å². The lowest BCUT2D eigenvalue weighted by Gasteiger charge is -2.24. The Labute approximate surface area is 199 Å². The van der Waals surface area contributed by atoms with Crippen molar-refractivity contribution in [1.82, 2.24) is 5.32 Å². The molecule has 7 nitrogen and oxygen atoms in total. The number of carbonyl (C=O) groups is 2. The van der Waals surface area contributed by atoms with Crippen LogP contribution >= 0.6 is 0 Å². The average molecular weight is 514 g/mol. The molecule has 2 amide bonds. The van der Waals surface area contributed by atoms with Crippen LogP contribution in [0.3, 0.4) is 0 Å². The van der Waals surface area contributed by atoms with E-state index >= 15 is 4.39 Å². The average Bonchev–Trinajstić information content (AvgIpc) is 3.12. The minimum Gasteiger partial charge on any atom is -0.435 e. The van der Waals surface area contributed by atoms with E-state index < -0.39 is 62.3 Å². The summed E-state index contributed by atoms with van der Waals surface area (Å²) in [5.74, 6) is -4.23. The number of hydrogen-bond acceptors (Lipinski definition) is 5. The maximum Gasteiger partial charge on any atom is 0.387 e. The second kappa shape index (κ2) is 8.21. The van der Waals surface area contributed by atoms with Gasteiger partial charge in [0.15, 0.2) is 9.84 Å². The van der Waals surface area contributed by atoms with Crippen molar-refractivity contribution in [3.05, 3.63) is 53.1 Å². The number of alkyl halides is 2. The topological polar surface area (TPSA) is 92.8 Å². The highest BCUT2D eigenvalue weighted by Crippen LogP contribution is 2.48. The summed E-state index contributed by atoms with van der Waals surface area (Å²) in [7, 11) is -3.31. The summed E-state index contributed by atoms with van der Waals surface area (Å²) in [5.41, 5.74) is -3.31. The normalized spacial score (nSPS) is 22.4. The number of halogens is 4. The maximum absolute atomic E-state index is 15.4. The first-order chi connectivity index (χ1) is 16.1. The van der Waals surface area contributed by atoms with E-state index in [0.29, 0.717) is 0 Å². The molecular formula is C23H22F4N2O5S. The highest BCUT2D eigenvalue weighted by Gasteiger charge is 2.48. The molecule has 0 spiro atoms. The van der Waals surface area contributed by atoms with Crippen molar-refractivity contribution in [3.63, 3.8) is 0 Å². The van der Waals surface area contributed by atoms with Crippen molar-refractivity contribution in [1.29, 1.82) is 0 Å². The van der Waals surface area contributed by atoms with Crippen LogP contribution in [0, 0.1) is 11.6 Å². The van der Waals surface area contributed by atoms with Crippen LogP contribution in [0.25, 0.3) is 0 Å². The van der Waals surface area contributed by atoms with Crippen LogP contribution in [0.15, 0.2) is 30.3 Å². The Hall–Kier alpha value is -3.15. The van der Waals surface area contributed by atoms with Crippen LogP contribution < -0.4 is 15.0 Å². The van der Waals surface area contributed by atoms with E-state index in [1.807, 2.05) is 0 Å². The van der Waals surface area contributed by atoms with Gasteiger partial charge in [-0.3, -0.25) is 14.5 Å². The summed E-state index contributed by atoms with van der Waals surface area (Å²) >= 11 is 0. The van der Waals surface area contributed by atoms with E-state index in [9.17, 15) is 31.2 Å². The van der Waals surface area contributed by atoms with Gasteiger partial charge in [-0.2, -0.15) is 8.78 Å². The van der Waals surface area contributed by atoms with Crippen LogP contribution in [-0.2, 0) is 20.0 Å². The zero-order valence-corrected chi connectivity index (χ0v) is 19.8. The lowest BCUT2D eigenvalue weighted by Crippen LogP contribution is -2.47. The van der Waals surface area contributed by atoms with Crippen molar-refractivity contribution >= 4 is 33.0 Å². The fourth-order valence-electron chi connectivity index (χ4n) is 4.46. The van der Waals surface area contributed by atoms with Gasteiger partial charge in [-0.1, -0.05) is 0 Å². The number of amides is 2. The summed E-state index contributed by atoms with van der Waals surface area (Å²) in [4.78, 5) is 26.9. The lowest BCUT2D eigenvalue weighted by molar-refractivity contribution is -0.121. The van der Waals surface area contributed by atoms with Crippen molar-refractivity contribution in [2.24, 2.45) is 0 Å². The van der Waals surface area contributed by atoms with Gasteiger partial charge in [0.2, 0.25) is 5.91 Å². The van der Waals surface area contributed by atoms with Crippen molar-refractivity contribution < 1.29 is 40.3 Å². The SMILES string of the molecule is CC1(C)C(=O)N(c2cc(OC(F)F)ccc2F)c2c(F)cc(C(=O)N[C@@]3(C)CCS(=O)(=O)C3)cc21. The number of anilines is 2. The molecule has 35 heavy (non-hydrogen) atoms. The van der Waals surface area contributed by atoms with Gasteiger partial charge in [0.1, 0.15) is 17.4 Å². The molecule has 0 aliphatic carbocycles. The van der Waals surface area contributed by atoms with Crippen LogP contribution in [-0.4, -0.2) is 43.9 Å². The third kappa shape index (κ3) is 4.46. The summed E-state index contributed by atoms with van der Waals surface area (Å²) in [6.07, 6.45) is 0.197. The van der Waals surface area contributed by atoms with E-state index in [0.717, 1.165) is 29.2 Å². The standard InChI is InChI=1S/C23H22F4N2O5S/c1-22(2)14-8-12(19(30)28-23(3)6-7-35(32,33)11-23)9-16(25)18(14)29(20(22)31)17-10-13(34-21(26)27)4-5-15(17)24/h4-5,8-10,21H,6-7,11H2,1-3H3,(H,28,30)/t23-/m0/s1. The number of nitrogens with zero attached hydrogens (tertiary/aromatic N) is 1. The fraction of sp³-hybridized carbons (Fsp3) is 0.391. The molecule has 4 rings (SSSR count). The third-order valence-electron chi connectivity index (χ3n) is 6.26. The zero-order chi connectivity index (χ0) is 25.9. The van der Waals surface area contributed by atoms with Gasteiger partial charge in [-0.15, -0.1) is 0 Å². The Bertz CT molecular complexity index is 1350.